The van der Waals surface area contributed by atoms with Crippen LogP contribution in [-0.4, -0.2) is 11.7 Å². The molecule has 2 aromatic carbocycles. The highest BCUT2D eigenvalue weighted by molar-refractivity contribution is 5.43. The summed E-state index contributed by atoms with van der Waals surface area (Å²) in [7, 11) is 0. The Labute approximate surface area is 112 Å². The summed E-state index contributed by atoms with van der Waals surface area (Å²) >= 11 is 0. The highest BCUT2D eigenvalue weighted by Gasteiger charge is 2.18. The first kappa shape index (κ1) is 12.1. The second-order valence-electron chi connectivity index (χ2n) is 4.62. The second kappa shape index (κ2) is 5.33. The van der Waals surface area contributed by atoms with Gasteiger partial charge in [-0.05, 0) is 43.2 Å². The van der Waals surface area contributed by atoms with E-state index in [0.717, 1.165) is 35.7 Å². The van der Waals surface area contributed by atoms with Crippen molar-refractivity contribution in [1.82, 2.24) is 0 Å². The minimum atomic E-state index is -0.475. The Kier molecular flexibility index (Phi) is 3.38. The molecule has 0 saturated heterocycles. The Bertz CT molecular complexity index is 551. The lowest BCUT2D eigenvalue weighted by atomic mass is 10.0. The van der Waals surface area contributed by atoms with Gasteiger partial charge >= 0.3 is 0 Å². The Morgan fingerprint density at radius 1 is 1.05 bits per heavy atom. The predicted molar refractivity (Wildman–Crippen MR) is 72.6 cm³/mol. The molecule has 1 N–H and O–H groups in total. The van der Waals surface area contributed by atoms with E-state index in [2.05, 4.69) is 0 Å². The molecule has 2 aromatic rings. The third kappa shape index (κ3) is 2.71. The van der Waals surface area contributed by atoms with Crippen molar-refractivity contribution in [3.05, 3.63) is 54.1 Å². The van der Waals surface area contributed by atoms with Crippen LogP contribution in [0.4, 0.5) is 0 Å². The van der Waals surface area contributed by atoms with Crippen LogP contribution < -0.4 is 9.47 Å². The van der Waals surface area contributed by atoms with E-state index in [1.807, 2.05) is 48.5 Å². The Balaban J connectivity index is 1.88. The quantitative estimate of drug-likeness (QED) is 0.890. The van der Waals surface area contributed by atoms with E-state index in [0.29, 0.717) is 6.61 Å². The minimum Gasteiger partial charge on any atom is -0.493 e. The van der Waals surface area contributed by atoms with Gasteiger partial charge in [0.05, 0.1) is 12.7 Å². The van der Waals surface area contributed by atoms with E-state index in [-0.39, 0.29) is 0 Å². The lowest BCUT2D eigenvalue weighted by molar-refractivity contribution is 0.167. The molecular formula is C16H16O3. The largest absolute Gasteiger partial charge is 0.493 e. The van der Waals surface area contributed by atoms with Gasteiger partial charge in [0.1, 0.15) is 17.2 Å². The molecule has 3 nitrogen and oxygen atoms in total. The van der Waals surface area contributed by atoms with Crippen LogP contribution in [0.15, 0.2) is 48.5 Å². The number of benzene rings is 2. The fraction of sp³-hybridized carbons (Fsp3) is 0.250. The van der Waals surface area contributed by atoms with Gasteiger partial charge in [-0.15, -0.1) is 0 Å². The lowest BCUT2D eigenvalue weighted by Crippen LogP contribution is -1.97. The van der Waals surface area contributed by atoms with Gasteiger partial charge in [0, 0.05) is 5.56 Å². The molecule has 0 aromatic heterocycles. The van der Waals surface area contributed by atoms with E-state index in [9.17, 15) is 5.11 Å². The SMILES string of the molecule is O[C@@H]1CCCOc2ccc(Oc3ccccc3)cc21. The number of rotatable bonds is 2. The summed E-state index contributed by atoms with van der Waals surface area (Å²) in [6.07, 6.45) is 1.11. The molecule has 1 aliphatic rings. The maximum absolute atomic E-state index is 10.1. The summed E-state index contributed by atoms with van der Waals surface area (Å²) in [5, 5.41) is 10.1. The number of aliphatic hydroxyl groups excluding tert-OH is 1. The zero-order valence-corrected chi connectivity index (χ0v) is 10.6. The van der Waals surface area contributed by atoms with Crippen molar-refractivity contribution < 1.29 is 14.6 Å². The first-order valence-corrected chi connectivity index (χ1v) is 6.50. The van der Waals surface area contributed by atoms with Crippen molar-refractivity contribution >= 4 is 0 Å². The van der Waals surface area contributed by atoms with Gasteiger partial charge in [-0.3, -0.25) is 0 Å². The van der Waals surface area contributed by atoms with Gasteiger partial charge in [0.2, 0.25) is 0 Å². The molecule has 1 aliphatic heterocycles. The van der Waals surface area contributed by atoms with Crippen LogP contribution >= 0.6 is 0 Å². The Morgan fingerprint density at radius 3 is 2.74 bits per heavy atom. The van der Waals surface area contributed by atoms with Crippen LogP contribution in [-0.2, 0) is 0 Å². The molecule has 1 heterocycles. The summed E-state index contributed by atoms with van der Waals surface area (Å²) in [4.78, 5) is 0. The summed E-state index contributed by atoms with van der Waals surface area (Å²) in [6, 6.07) is 15.2. The first-order valence-electron chi connectivity index (χ1n) is 6.50. The molecule has 3 rings (SSSR count). The first-order chi connectivity index (χ1) is 9.33. The maximum Gasteiger partial charge on any atom is 0.128 e. The standard InChI is InChI=1S/C16H16O3/c17-15-7-4-10-18-16-9-8-13(11-14(15)16)19-12-5-2-1-3-6-12/h1-3,5-6,8-9,11,15,17H,4,7,10H2/t15-/m1/s1. The third-order valence-electron chi connectivity index (χ3n) is 3.20. The molecule has 1 atom stereocenters. The molecule has 98 valence electrons. The third-order valence-corrected chi connectivity index (χ3v) is 3.20. The average Bonchev–Trinajstić information content (AvgIpc) is 2.62. The summed E-state index contributed by atoms with van der Waals surface area (Å²) in [5.41, 5.74) is 0.811. The second-order valence-corrected chi connectivity index (χ2v) is 4.62. The minimum absolute atomic E-state index is 0.475. The van der Waals surface area contributed by atoms with E-state index >= 15 is 0 Å². The highest BCUT2D eigenvalue weighted by atomic mass is 16.5. The average molecular weight is 256 g/mol. The Hall–Kier alpha value is -2.00. The lowest BCUT2D eigenvalue weighted by Gasteiger charge is -2.13. The van der Waals surface area contributed by atoms with Crippen LogP contribution in [0, 0.1) is 0 Å². The van der Waals surface area contributed by atoms with Gasteiger partial charge in [-0.1, -0.05) is 18.2 Å². The van der Waals surface area contributed by atoms with Gasteiger partial charge < -0.3 is 14.6 Å². The van der Waals surface area contributed by atoms with Crippen LogP contribution in [0.2, 0.25) is 0 Å². The molecule has 0 amide bonds. The molecule has 0 radical (unpaired) electrons. The maximum atomic E-state index is 10.1. The number of hydrogen-bond acceptors (Lipinski definition) is 3. The zero-order chi connectivity index (χ0) is 13.1. The van der Waals surface area contributed by atoms with Crippen molar-refractivity contribution in [1.29, 1.82) is 0 Å². The molecule has 0 fully saturated rings. The normalized spacial score (nSPS) is 18.1. The van der Waals surface area contributed by atoms with Gasteiger partial charge in [-0.2, -0.15) is 0 Å². The molecule has 0 aliphatic carbocycles. The van der Waals surface area contributed by atoms with E-state index in [1.165, 1.54) is 0 Å². The summed E-state index contributed by atoms with van der Waals surface area (Å²) in [5.74, 6) is 2.26. The Morgan fingerprint density at radius 2 is 1.89 bits per heavy atom. The number of ether oxygens (including phenoxy) is 2. The number of para-hydroxylation sites is 1. The number of aliphatic hydroxyl groups is 1. The van der Waals surface area contributed by atoms with Crippen molar-refractivity contribution in [2.24, 2.45) is 0 Å². The fourth-order valence-corrected chi connectivity index (χ4v) is 2.22. The van der Waals surface area contributed by atoms with Crippen molar-refractivity contribution in [3.8, 4) is 17.2 Å². The summed E-state index contributed by atoms with van der Waals surface area (Å²) < 4.78 is 11.4. The zero-order valence-electron chi connectivity index (χ0n) is 10.6. The number of fused-ring (bicyclic) bond motifs is 1. The van der Waals surface area contributed by atoms with Crippen molar-refractivity contribution in [3.63, 3.8) is 0 Å². The van der Waals surface area contributed by atoms with Crippen LogP contribution in [0.1, 0.15) is 24.5 Å². The van der Waals surface area contributed by atoms with Crippen LogP contribution in [0.25, 0.3) is 0 Å². The monoisotopic (exact) mass is 256 g/mol. The van der Waals surface area contributed by atoms with Crippen LogP contribution in [0.5, 0.6) is 17.2 Å². The van der Waals surface area contributed by atoms with Crippen molar-refractivity contribution in [2.45, 2.75) is 18.9 Å². The van der Waals surface area contributed by atoms with Crippen molar-refractivity contribution in [2.75, 3.05) is 6.61 Å². The van der Waals surface area contributed by atoms with E-state index in [1.54, 1.807) is 0 Å². The molecule has 0 saturated carbocycles. The summed E-state index contributed by atoms with van der Waals surface area (Å²) in [6.45, 7) is 0.656. The molecular weight excluding hydrogens is 240 g/mol. The smallest absolute Gasteiger partial charge is 0.128 e. The topological polar surface area (TPSA) is 38.7 Å². The number of hydrogen-bond donors (Lipinski definition) is 1. The molecule has 0 unspecified atom stereocenters. The van der Waals surface area contributed by atoms with E-state index < -0.39 is 6.10 Å². The molecule has 0 bridgehead atoms. The molecule has 19 heavy (non-hydrogen) atoms. The van der Waals surface area contributed by atoms with Crippen LogP contribution in [0.3, 0.4) is 0 Å². The fourth-order valence-electron chi connectivity index (χ4n) is 2.22. The van der Waals surface area contributed by atoms with Gasteiger partial charge in [-0.25, -0.2) is 0 Å². The molecule has 0 spiro atoms. The predicted octanol–water partition coefficient (Wildman–Crippen LogP) is 3.68. The highest BCUT2D eigenvalue weighted by Crippen LogP contribution is 2.35. The van der Waals surface area contributed by atoms with Gasteiger partial charge in [0.15, 0.2) is 0 Å². The molecule has 3 heteroatoms. The van der Waals surface area contributed by atoms with E-state index in [4.69, 9.17) is 9.47 Å². The van der Waals surface area contributed by atoms with Gasteiger partial charge in [0.25, 0.3) is 0 Å².